The molecular weight excluding hydrogens is 272 g/mol. The largest absolute Gasteiger partial charge is 0.378 e. The molecule has 3 heterocycles. The minimum atomic E-state index is -0.414. The van der Waals surface area contributed by atoms with E-state index < -0.39 is 6.23 Å². The van der Waals surface area contributed by atoms with E-state index in [2.05, 4.69) is 58.3 Å². The number of aryl methyl sites for hydroxylation is 1. The number of hydrogen-bond donors (Lipinski definition) is 4. The lowest BCUT2D eigenvalue weighted by Crippen LogP contribution is -2.55. The average molecular weight is 293 g/mol. The first-order valence-corrected chi connectivity index (χ1v) is 7.97. The van der Waals surface area contributed by atoms with E-state index in [0.717, 1.165) is 17.8 Å². The molecular formula is C14H21N4OS+. The van der Waals surface area contributed by atoms with Crippen molar-refractivity contribution in [2.75, 3.05) is 0 Å². The van der Waals surface area contributed by atoms with Crippen molar-refractivity contribution < 1.29 is 9.51 Å². The highest BCUT2D eigenvalue weighted by molar-refractivity contribution is 7.99. The summed E-state index contributed by atoms with van der Waals surface area (Å²) in [7, 11) is 0. The summed E-state index contributed by atoms with van der Waals surface area (Å²) in [6.07, 6.45) is 2.47. The number of H-pyrrole nitrogens is 1. The van der Waals surface area contributed by atoms with Gasteiger partial charge >= 0.3 is 0 Å². The molecule has 4 N–H and O–H groups in total. The van der Waals surface area contributed by atoms with Gasteiger partial charge in [-0.1, -0.05) is 6.07 Å². The van der Waals surface area contributed by atoms with Gasteiger partial charge in [-0.2, -0.15) is 0 Å². The second-order valence-corrected chi connectivity index (χ2v) is 6.47. The number of aromatic amines is 1. The van der Waals surface area contributed by atoms with E-state index in [9.17, 15) is 5.11 Å². The zero-order valence-electron chi connectivity index (χ0n) is 11.8. The van der Waals surface area contributed by atoms with Crippen LogP contribution in [-0.2, 0) is 5.75 Å². The normalized spacial score (nSPS) is 27.1. The predicted octanol–water partition coefficient (Wildman–Crippen LogP) is 0.868. The van der Waals surface area contributed by atoms with Crippen molar-refractivity contribution in [1.29, 1.82) is 0 Å². The van der Waals surface area contributed by atoms with Gasteiger partial charge in [0.2, 0.25) is 0 Å². The number of thioether (sulfide) groups is 1. The van der Waals surface area contributed by atoms with Crippen LogP contribution in [0.3, 0.4) is 0 Å². The molecule has 1 saturated heterocycles. The second-order valence-electron chi connectivity index (χ2n) is 5.38. The maximum Gasteiger partial charge on any atom is 0.284 e. The summed E-state index contributed by atoms with van der Waals surface area (Å²) in [6.45, 7) is 4.19. The van der Waals surface area contributed by atoms with Gasteiger partial charge < -0.3 is 5.11 Å². The number of aromatic nitrogens is 2. The zero-order chi connectivity index (χ0) is 14.1. The molecule has 0 amide bonds. The standard InChI is InChI=1S/C14H20N4OS/c1-9-6-13(19)17-14(15-9)20-8-11-7-18-10(2)4-3-5-12(18)16-11/h3-5,7,9,13-15,17,19H,6,8H2,1-2H3/p+1. The number of imidazole rings is 1. The molecule has 0 aliphatic carbocycles. The Balaban J connectivity index is 1.66. The van der Waals surface area contributed by atoms with Gasteiger partial charge in [0.1, 0.15) is 23.6 Å². The molecule has 1 aliphatic heterocycles. The van der Waals surface area contributed by atoms with Crippen LogP contribution in [0, 0.1) is 6.92 Å². The summed E-state index contributed by atoms with van der Waals surface area (Å²) >= 11 is 1.75. The Morgan fingerprint density at radius 3 is 3.00 bits per heavy atom. The van der Waals surface area contributed by atoms with Gasteiger partial charge in [-0.3, -0.25) is 10.6 Å². The fourth-order valence-electron chi connectivity index (χ4n) is 2.55. The summed E-state index contributed by atoms with van der Waals surface area (Å²) in [5.74, 6) is 0.866. The lowest BCUT2D eigenvalue weighted by atomic mass is 10.2. The number of nitrogens with one attached hydrogen (secondary N) is 3. The highest BCUT2D eigenvalue weighted by atomic mass is 32.2. The van der Waals surface area contributed by atoms with Crippen LogP contribution in [0.5, 0.6) is 0 Å². The molecule has 6 heteroatoms. The number of aliphatic hydroxyl groups is 1. The lowest BCUT2D eigenvalue weighted by Gasteiger charge is -2.32. The molecule has 2 aromatic heterocycles. The summed E-state index contributed by atoms with van der Waals surface area (Å²) in [5.41, 5.74) is 3.60. The van der Waals surface area contributed by atoms with Crippen molar-refractivity contribution in [3.8, 4) is 0 Å². The Kier molecular flexibility index (Phi) is 3.98. The highest BCUT2D eigenvalue weighted by Crippen LogP contribution is 2.18. The quantitative estimate of drug-likeness (QED) is 0.634. The number of rotatable bonds is 3. The van der Waals surface area contributed by atoms with Gasteiger partial charge in [0.25, 0.3) is 5.65 Å². The van der Waals surface area contributed by atoms with Crippen LogP contribution in [-0.4, -0.2) is 27.9 Å². The third kappa shape index (κ3) is 2.98. The lowest BCUT2D eigenvalue weighted by molar-refractivity contribution is -0.518. The predicted molar refractivity (Wildman–Crippen MR) is 80.1 cm³/mol. The summed E-state index contributed by atoms with van der Waals surface area (Å²) in [6, 6.07) is 6.56. The fourth-order valence-corrected chi connectivity index (χ4v) is 3.62. The maximum absolute atomic E-state index is 9.72. The van der Waals surface area contributed by atoms with Gasteiger partial charge in [0, 0.05) is 18.5 Å². The SMILES string of the molecule is Cc1cccc2[nH]c(CSC3NC(C)CC(O)N3)c[n+]12. The first kappa shape index (κ1) is 13.9. The fraction of sp³-hybridized carbons (Fsp3) is 0.500. The monoisotopic (exact) mass is 293 g/mol. The van der Waals surface area contributed by atoms with Crippen LogP contribution in [0.2, 0.25) is 0 Å². The molecule has 0 saturated carbocycles. The van der Waals surface area contributed by atoms with E-state index in [-0.39, 0.29) is 5.50 Å². The first-order valence-electron chi connectivity index (χ1n) is 6.92. The van der Waals surface area contributed by atoms with Crippen molar-refractivity contribution >= 4 is 17.4 Å². The summed E-state index contributed by atoms with van der Waals surface area (Å²) in [4.78, 5) is 3.42. The van der Waals surface area contributed by atoms with E-state index in [4.69, 9.17) is 0 Å². The van der Waals surface area contributed by atoms with Crippen LogP contribution in [0.1, 0.15) is 24.7 Å². The van der Waals surface area contributed by atoms with Crippen LogP contribution in [0.25, 0.3) is 5.65 Å². The Morgan fingerprint density at radius 2 is 2.25 bits per heavy atom. The van der Waals surface area contributed by atoms with Gasteiger partial charge in [0.15, 0.2) is 5.69 Å². The van der Waals surface area contributed by atoms with Crippen molar-refractivity contribution in [2.45, 2.75) is 43.8 Å². The van der Waals surface area contributed by atoms with Gasteiger partial charge in [0.05, 0.1) is 5.75 Å². The van der Waals surface area contributed by atoms with Crippen LogP contribution in [0.15, 0.2) is 24.4 Å². The summed E-state index contributed by atoms with van der Waals surface area (Å²) in [5, 5.41) is 16.3. The Hall–Kier alpha value is -1.08. The Bertz CT molecular complexity index is 590. The van der Waals surface area contributed by atoms with Crippen LogP contribution >= 0.6 is 11.8 Å². The molecule has 3 unspecified atom stereocenters. The number of fused-ring (bicyclic) bond motifs is 1. The molecule has 5 nitrogen and oxygen atoms in total. The minimum Gasteiger partial charge on any atom is -0.378 e. The van der Waals surface area contributed by atoms with Crippen LogP contribution < -0.4 is 15.0 Å². The first-order chi connectivity index (χ1) is 9.61. The topological polar surface area (TPSA) is 64.2 Å². The van der Waals surface area contributed by atoms with Gasteiger partial charge in [-0.05, 0) is 19.9 Å². The molecule has 20 heavy (non-hydrogen) atoms. The number of pyridine rings is 1. The second kappa shape index (κ2) is 5.73. The highest BCUT2D eigenvalue weighted by Gasteiger charge is 2.24. The number of hydrogen-bond acceptors (Lipinski definition) is 4. The molecule has 0 bridgehead atoms. The number of nitrogens with zero attached hydrogens (tertiary/aromatic N) is 1. The Morgan fingerprint density at radius 1 is 1.40 bits per heavy atom. The zero-order valence-corrected chi connectivity index (χ0v) is 12.6. The smallest absolute Gasteiger partial charge is 0.284 e. The molecule has 3 rings (SSSR count). The Labute approximate surface area is 122 Å². The average Bonchev–Trinajstić information content (AvgIpc) is 2.80. The van der Waals surface area contributed by atoms with Crippen molar-refractivity contribution in [3.63, 3.8) is 0 Å². The van der Waals surface area contributed by atoms with E-state index in [1.54, 1.807) is 11.8 Å². The third-order valence-corrected chi connectivity index (χ3v) is 4.65. The molecule has 1 aliphatic rings. The third-order valence-electron chi connectivity index (χ3n) is 3.57. The number of aliphatic hydroxyl groups excluding tert-OH is 1. The molecule has 2 aromatic rings. The van der Waals surface area contributed by atoms with Crippen molar-refractivity contribution in [2.24, 2.45) is 0 Å². The summed E-state index contributed by atoms with van der Waals surface area (Å²) < 4.78 is 2.16. The van der Waals surface area contributed by atoms with Gasteiger partial charge in [-0.25, -0.2) is 9.38 Å². The van der Waals surface area contributed by atoms with Crippen molar-refractivity contribution in [1.82, 2.24) is 15.6 Å². The molecule has 0 aromatic carbocycles. The minimum absolute atomic E-state index is 0.0891. The van der Waals surface area contributed by atoms with E-state index >= 15 is 0 Å². The van der Waals surface area contributed by atoms with E-state index in [1.165, 1.54) is 11.4 Å². The molecule has 0 radical (unpaired) electrons. The van der Waals surface area contributed by atoms with E-state index in [1.807, 2.05) is 0 Å². The van der Waals surface area contributed by atoms with E-state index in [0.29, 0.717) is 6.04 Å². The van der Waals surface area contributed by atoms with Crippen LogP contribution in [0.4, 0.5) is 0 Å². The molecule has 108 valence electrons. The molecule has 1 fully saturated rings. The van der Waals surface area contributed by atoms with Crippen molar-refractivity contribution in [3.05, 3.63) is 35.8 Å². The molecule has 0 spiro atoms. The molecule has 3 atom stereocenters. The van der Waals surface area contributed by atoms with Gasteiger partial charge in [-0.15, -0.1) is 11.8 Å². The maximum atomic E-state index is 9.72.